The van der Waals surface area contributed by atoms with Gasteiger partial charge in [-0.2, -0.15) is 0 Å². The Morgan fingerprint density at radius 2 is 1.73 bits per heavy atom. The Bertz CT molecular complexity index is 268. The molecule has 0 N–H and O–H groups in total. The molecule has 90 valence electrons. The van der Waals surface area contributed by atoms with Crippen LogP contribution in [0.2, 0.25) is 0 Å². The molecule has 0 spiro atoms. The Labute approximate surface area is 103 Å². The summed E-state index contributed by atoms with van der Waals surface area (Å²) >= 11 is 16.3. The largest absolute Gasteiger partial charge is 0.531 e. The van der Waals surface area contributed by atoms with Crippen LogP contribution in [0.5, 0.6) is 0 Å². The lowest BCUT2D eigenvalue weighted by molar-refractivity contribution is 0.0635. The first-order valence-corrected chi connectivity index (χ1v) is 6.27. The minimum atomic E-state index is -3.76. The number of alkyl halides is 1. The molecule has 0 fully saturated rings. The zero-order valence-corrected chi connectivity index (χ0v) is 11.4. The van der Waals surface area contributed by atoms with Crippen molar-refractivity contribution in [2.24, 2.45) is 0 Å². The summed E-state index contributed by atoms with van der Waals surface area (Å²) in [7, 11) is -1.49. The highest BCUT2D eigenvalue weighted by molar-refractivity contribution is 7.48. The van der Waals surface area contributed by atoms with Crippen LogP contribution in [-0.4, -0.2) is 19.8 Å². The first-order valence-electron chi connectivity index (χ1n) is 3.61. The number of ether oxygens (including phenoxy) is 1. The van der Waals surface area contributed by atoms with Gasteiger partial charge in [-0.25, -0.2) is 4.57 Å². The molecule has 0 amide bonds. The van der Waals surface area contributed by atoms with E-state index in [4.69, 9.17) is 44.1 Å². The molecule has 0 rings (SSSR count). The number of hydrogen-bond acceptors (Lipinski definition) is 5. The lowest BCUT2D eigenvalue weighted by atomic mass is 10.8. The Hall–Kier alpha value is 0.360. The van der Waals surface area contributed by atoms with Gasteiger partial charge in [0, 0.05) is 14.2 Å². The maximum atomic E-state index is 11.5. The Kier molecular flexibility index (Phi) is 7.00. The van der Waals surface area contributed by atoms with E-state index in [2.05, 4.69) is 9.05 Å². The van der Waals surface area contributed by atoms with Crippen LogP contribution in [0.15, 0.2) is 10.4 Å². The highest BCUT2D eigenvalue weighted by Crippen LogP contribution is 2.50. The van der Waals surface area contributed by atoms with Crippen molar-refractivity contribution in [3.05, 3.63) is 10.4 Å². The van der Waals surface area contributed by atoms with Crippen molar-refractivity contribution in [1.82, 2.24) is 0 Å². The van der Waals surface area contributed by atoms with Crippen LogP contribution in [0.1, 0.15) is 6.92 Å². The van der Waals surface area contributed by atoms with E-state index in [0.717, 1.165) is 14.2 Å². The third-order valence-electron chi connectivity index (χ3n) is 1.07. The molecular weight excluding hydrogens is 289 g/mol. The number of phosphoric ester groups is 1. The molecule has 0 aromatic heterocycles. The topological polar surface area (TPSA) is 54.0 Å². The highest BCUT2D eigenvalue weighted by Gasteiger charge is 2.28. The predicted molar refractivity (Wildman–Crippen MR) is 57.8 cm³/mol. The molecule has 0 saturated heterocycles. The molecule has 0 aromatic rings. The molecule has 0 saturated carbocycles. The monoisotopic (exact) mass is 298 g/mol. The van der Waals surface area contributed by atoms with Crippen molar-refractivity contribution in [1.29, 1.82) is 0 Å². The lowest BCUT2D eigenvalue weighted by Crippen LogP contribution is -2.04. The van der Waals surface area contributed by atoms with E-state index in [0.29, 0.717) is 0 Å². The summed E-state index contributed by atoms with van der Waals surface area (Å²) in [4.78, 5) is 0. The molecule has 15 heavy (non-hydrogen) atoms. The van der Waals surface area contributed by atoms with E-state index in [1.165, 1.54) is 6.92 Å². The van der Waals surface area contributed by atoms with Gasteiger partial charge in [0.25, 0.3) is 0 Å². The highest BCUT2D eigenvalue weighted by atomic mass is 35.5. The number of halogens is 3. The predicted octanol–water partition coefficient (Wildman–Crippen LogP) is 3.61. The minimum absolute atomic E-state index is 0.378. The molecule has 0 radical (unpaired) electrons. The van der Waals surface area contributed by atoms with Crippen LogP contribution >= 0.6 is 42.6 Å². The molecule has 0 heterocycles. The average Bonchev–Trinajstić information content (AvgIpc) is 2.16. The lowest BCUT2D eigenvalue weighted by Gasteiger charge is -2.17. The van der Waals surface area contributed by atoms with Gasteiger partial charge in [0.2, 0.25) is 0 Å². The smallest absolute Gasteiger partial charge is 0.444 e. The van der Waals surface area contributed by atoms with E-state index in [1.807, 2.05) is 0 Å². The quantitative estimate of drug-likeness (QED) is 0.426. The van der Waals surface area contributed by atoms with Crippen LogP contribution in [0.4, 0.5) is 0 Å². The zero-order valence-electron chi connectivity index (χ0n) is 8.20. The van der Waals surface area contributed by atoms with Crippen molar-refractivity contribution in [2.45, 2.75) is 12.5 Å². The van der Waals surface area contributed by atoms with Crippen LogP contribution in [0, 0.1) is 0 Å². The molecule has 0 aliphatic rings. The van der Waals surface area contributed by atoms with E-state index in [1.54, 1.807) is 0 Å². The summed E-state index contributed by atoms with van der Waals surface area (Å²) < 4.78 is 29.7. The fourth-order valence-corrected chi connectivity index (χ4v) is 1.49. The molecule has 9 heteroatoms. The van der Waals surface area contributed by atoms with Crippen molar-refractivity contribution >= 4 is 42.6 Å². The molecule has 1 atom stereocenters. The van der Waals surface area contributed by atoms with Crippen LogP contribution < -0.4 is 0 Å². The fraction of sp³-hybridized carbons (Fsp3) is 0.667. The van der Waals surface area contributed by atoms with Gasteiger partial charge in [0.05, 0.1) is 0 Å². The molecule has 0 aromatic carbocycles. The van der Waals surface area contributed by atoms with Crippen molar-refractivity contribution in [3.8, 4) is 0 Å². The Morgan fingerprint density at radius 1 is 1.27 bits per heavy atom. The van der Waals surface area contributed by atoms with E-state index in [9.17, 15) is 4.57 Å². The number of phosphoric acid groups is 1. The summed E-state index contributed by atoms with van der Waals surface area (Å²) in [6.45, 7) is 1.49. The normalized spacial score (nSPS) is 13.2. The third kappa shape index (κ3) is 5.85. The molecule has 0 bridgehead atoms. The second kappa shape index (κ2) is 6.84. The first kappa shape index (κ1) is 15.4. The summed E-state index contributed by atoms with van der Waals surface area (Å²) in [5.41, 5.74) is -0.769. The summed E-state index contributed by atoms with van der Waals surface area (Å²) in [6, 6.07) is 0. The Balaban J connectivity index is 4.71. The molecule has 0 aliphatic heterocycles. The summed E-state index contributed by atoms with van der Waals surface area (Å²) in [5.74, 6) is -0.423. The standard InChI is InChI=1S/C6H10Cl3O5P/c1-4(7)13-6(5(8)9)14-15(10,11-2)12-3/h4H,1-3H3. The van der Waals surface area contributed by atoms with E-state index in [-0.39, 0.29) is 4.49 Å². The van der Waals surface area contributed by atoms with E-state index < -0.39 is 19.3 Å². The average molecular weight is 299 g/mol. The van der Waals surface area contributed by atoms with Crippen molar-refractivity contribution < 1.29 is 22.9 Å². The second-order valence-corrected chi connectivity index (χ2v) is 5.48. The van der Waals surface area contributed by atoms with Gasteiger partial charge in [0.1, 0.15) is 0 Å². The maximum Gasteiger partial charge on any atom is 0.531 e. The van der Waals surface area contributed by atoms with Gasteiger partial charge >= 0.3 is 13.8 Å². The van der Waals surface area contributed by atoms with Gasteiger partial charge in [-0.3, -0.25) is 9.05 Å². The van der Waals surface area contributed by atoms with Gasteiger partial charge in [-0.15, -0.1) is 0 Å². The second-order valence-electron chi connectivity index (χ2n) is 2.11. The first-order chi connectivity index (χ1) is 6.84. The van der Waals surface area contributed by atoms with Gasteiger partial charge < -0.3 is 9.26 Å². The molecular formula is C6H10Cl3O5P. The Morgan fingerprint density at radius 3 is 2.00 bits per heavy atom. The van der Waals surface area contributed by atoms with Gasteiger partial charge in [-0.1, -0.05) is 34.8 Å². The molecule has 5 nitrogen and oxygen atoms in total. The number of rotatable bonds is 6. The number of hydrogen-bond donors (Lipinski definition) is 0. The van der Waals surface area contributed by atoms with E-state index >= 15 is 0 Å². The SMILES string of the molecule is COP(=O)(OC)OC(OC(C)Cl)=C(Cl)Cl. The fourth-order valence-electron chi connectivity index (χ4n) is 0.499. The van der Waals surface area contributed by atoms with Crippen LogP contribution in [0.3, 0.4) is 0 Å². The van der Waals surface area contributed by atoms with Gasteiger partial charge in [0.15, 0.2) is 10.1 Å². The summed E-state index contributed by atoms with van der Waals surface area (Å²) in [5, 5.41) is 0. The van der Waals surface area contributed by atoms with Crippen LogP contribution in [-0.2, 0) is 22.9 Å². The zero-order chi connectivity index (χ0) is 12.1. The molecule has 0 aliphatic carbocycles. The minimum Gasteiger partial charge on any atom is -0.444 e. The summed E-state index contributed by atoms with van der Waals surface area (Å²) in [6.07, 6.45) is 0. The van der Waals surface area contributed by atoms with Crippen molar-refractivity contribution in [2.75, 3.05) is 14.2 Å². The maximum absolute atomic E-state index is 11.5. The van der Waals surface area contributed by atoms with Gasteiger partial charge in [-0.05, 0) is 6.92 Å². The third-order valence-corrected chi connectivity index (χ3v) is 2.75. The van der Waals surface area contributed by atoms with Crippen molar-refractivity contribution in [3.63, 3.8) is 0 Å². The van der Waals surface area contributed by atoms with Crippen LogP contribution in [0.25, 0.3) is 0 Å². The molecule has 1 unspecified atom stereocenters.